The molecule has 0 aliphatic carbocycles. The summed E-state index contributed by atoms with van der Waals surface area (Å²) < 4.78 is 0. The van der Waals surface area contributed by atoms with E-state index in [-0.39, 0.29) is 45.2 Å². The first-order valence-corrected chi connectivity index (χ1v) is 4.15. The van der Waals surface area contributed by atoms with E-state index in [4.69, 9.17) is 33.4 Å². The van der Waals surface area contributed by atoms with Gasteiger partial charge in [0.1, 0.15) is 0 Å². The molecule has 0 aromatic heterocycles. The van der Waals surface area contributed by atoms with Crippen molar-refractivity contribution in [3.05, 3.63) is 33.3 Å². The van der Waals surface area contributed by atoms with E-state index < -0.39 is 17.5 Å². The zero-order chi connectivity index (χ0) is 10.9. The van der Waals surface area contributed by atoms with Crippen LogP contribution >= 0.6 is 23.2 Å². The summed E-state index contributed by atoms with van der Waals surface area (Å²) in [6.45, 7) is 0. The van der Waals surface area contributed by atoms with Gasteiger partial charge in [-0.3, -0.25) is 0 Å². The van der Waals surface area contributed by atoms with Crippen molar-refractivity contribution < 1.29 is 19.8 Å². The molecule has 1 rings (SSSR count). The fraction of sp³-hybridized carbons (Fsp3) is 0. The van der Waals surface area contributed by atoms with Gasteiger partial charge in [0.25, 0.3) is 0 Å². The number of hydrogen-bond acceptors (Lipinski definition) is 2. The van der Waals surface area contributed by atoms with Gasteiger partial charge in [-0.05, 0) is 12.1 Å². The van der Waals surface area contributed by atoms with Crippen molar-refractivity contribution in [1.82, 2.24) is 0 Å². The second kappa shape index (κ2) is 5.72. The third-order valence-corrected chi connectivity index (χ3v) is 2.34. The summed E-state index contributed by atoms with van der Waals surface area (Å²) in [4.78, 5) is 21.3. The van der Waals surface area contributed by atoms with Crippen LogP contribution in [0.25, 0.3) is 0 Å². The Labute approximate surface area is 117 Å². The van der Waals surface area contributed by atoms with Crippen LogP contribution in [0.3, 0.4) is 0 Å². The molecule has 0 saturated heterocycles. The number of carboxylic acids is 2. The minimum atomic E-state index is -1.42. The standard InChI is InChI=1S/C8H4Cl2O4.Na.H/c9-4-2-1-3(7(11)12)5(6(4)10)8(13)14;;/h1-2H,(H,11,12)(H,13,14);;. The Morgan fingerprint density at radius 3 is 2.00 bits per heavy atom. The molecule has 0 radical (unpaired) electrons. The van der Waals surface area contributed by atoms with Gasteiger partial charge in [-0.15, -0.1) is 0 Å². The molecule has 0 spiro atoms. The van der Waals surface area contributed by atoms with Gasteiger partial charge < -0.3 is 10.2 Å². The number of carbonyl (C=O) groups is 2. The molecule has 0 aliphatic rings. The monoisotopic (exact) mass is 258 g/mol. The van der Waals surface area contributed by atoms with Gasteiger partial charge in [0, 0.05) is 0 Å². The average Bonchev–Trinajstić information content (AvgIpc) is 2.08. The second-order valence-electron chi connectivity index (χ2n) is 2.39. The van der Waals surface area contributed by atoms with E-state index in [0.717, 1.165) is 6.07 Å². The molecule has 15 heavy (non-hydrogen) atoms. The SMILES string of the molecule is O=C(O)c1ccc(Cl)c(Cl)c1C(=O)O.[NaH]. The second-order valence-corrected chi connectivity index (χ2v) is 3.18. The number of benzene rings is 1. The molecule has 7 heteroatoms. The summed E-state index contributed by atoms with van der Waals surface area (Å²) in [5, 5.41) is 17.1. The predicted molar refractivity (Wildman–Crippen MR) is 57.5 cm³/mol. The third-order valence-electron chi connectivity index (χ3n) is 1.54. The zero-order valence-electron chi connectivity index (χ0n) is 6.62. The summed E-state index contributed by atoms with van der Waals surface area (Å²) in [7, 11) is 0. The van der Waals surface area contributed by atoms with Gasteiger partial charge in [-0.1, -0.05) is 23.2 Å². The first-order valence-electron chi connectivity index (χ1n) is 3.39. The molecule has 1 aromatic rings. The molecular weight excluding hydrogens is 254 g/mol. The summed E-state index contributed by atoms with van der Waals surface area (Å²) >= 11 is 11.1. The van der Waals surface area contributed by atoms with E-state index in [0.29, 0.717) is 0 Å². The molecule has 2 N–H and O–H groups in total. The van der Waals surface area contributed by atoms with Crippen LogP contribution in [0.2, 0.25) is 10.0 Å². The Balaban J connectivity index is 0.00000196. The van der Waals surface area contributed by atoms with Crippen LogP contribution < -0.4 is 0 Å². The van der Waals surface area contributed by atoms with Crippen LogP contribution in [0.1, 0.15) is 20.7 Å². The molecule has 76 valence electrons. The first kappa shape index (κ1) is 14.7. The molecule has 0 saturated carbocycles. The summed E-state index contributed by atoms with van der Waals surface area (Å²) in [6, 6.07) is 2.33. The maximum atomic E-state index is 10.7. The van der Waals surface area contributed by atoms with Crippen LogP contribution in [0, 0.1) is 0 Å². The van der Waals surface area contributed by atoms with Gasteiger partial charge in [0.2, 0.25) is 0 Å². The van der Waals surface area contributed by atoms with Crippen LogP contribution in [-0.2, 0) is 0 Å². The molecule has 0 amide bonds. The molecule has 0 heterocycles. The van der Waals surface area contributed by atoms with Crippen LogP contribution in [0.5, 0.6) is 0 Å². The molecule has 1 aromatic carbocycles. The average molecular weight is 259 g/mol. The Bertz CT molecular complexity index is 419. The van der Waals surface area contributed by atoms with E-state index in [1.54, 1.807) is 0 Å². The van der Waals surface area contributed by atoms with Crippen LogP contribution in [0.15, 0.2) is 12.1 Å². The van der Waals surface area contributed by atoms with Crippen molar-refractivity contribution in [3.63, 3.8) is 0 Å². The van der Waals surface area contributed by atoms with Gasteiger partial charge in [0.15, 0.2) is 0 Å². The predicted octanol–water partition coefficient (Wildman–Crippen LogP) is 1.74. The van der Waals surface area contributed by atoms with E-state index in [1.807, 2.05) is 0 Å². The third kappa shape index (κ3) is 3.09. The van der Waals surface area contributed by atoms with E-state index >= 15 is 0 Å². The number of hydrogen-bond donors (Lipinski definition) is 2. The number of carboxylic acid groups (broad SMARTS) is 2. The van der Waals surface area contributed by atoms with E-state index in [2.05, 4.69) is 0 Å². The molecule has 0 aliphatic heterocycles. The van der Waals surface area contributed by atoms with Gasteiger partial charge in [-0.25, -0.2) is 9.59 Å². The van der Waals surface area contributed by atoms with Crippen molar-refractivity contribution in [2.24, 2.45) is 0 Å². The van der Waals surface area contributed by atoms with E-state index in [1.165, 1.54) is 6.07 Å². The van der Waals surface area contributed by atoms with Gasteiger partial charge in [0.05, 0.1) is 21.2 Å². The van der Waals surface area contributed by atoms with Gasteiger partial charge in [-0.2, -0.15) is 0 Å². The Morgan fingerprint density at radius 1 is 1.07 bits per heavy atom. The van der Waals surface area contributed by atoms with Gasteiger partial charge >= 0.3 is 41.5 Å². The number of aromatic carboxylic acids is 2. The minimum absolute atomic E-state index is 0. The Morgan fingerprint density at radius 2 is 1.60 bits per heavy atom. The van der Waals surface area contributed by atoms with Crippen LogP contribution in [-0.4, -0.2) is 51.7 Å². The summed E-state index contributed by atoms with van der Waals surface area (Å²) in [5.41, 5.74) is -0.876. The number of rotatable bonds is 2. The van der Waals surface area contributed by atoms with Crippen LogP contribution in [0.4, 0.5) is 0 Å². The topological polar surface area (TPSA) is 74.6 Å². The fourth-order valence-corrected chi connectivity index (χ4v) is 1.34. The molecule has 4 nitrogen and oxygen atoms in total. The zero-order valence-corrected chi connectivity index (χ0v) is 8.13. The van der Waals surface area contributed by atoms with E-state index in [9.17, 15) is 9.59 Å². The molecular formula is C8H5Cl2NaO4. The summed E-state index contributed by atoms with van der Waals surface area (Å²) in [6.07, 6.45) is 0. The van der Waals surface area contributed by atoms with Crippen molar-refractivity contribution in [2.45, 2.75) is 0 Å². The molecule has 0 fully saturated rings. The van der Waals surface area contributed by atoms with Crippen molar-refractivity contribution in [3.8, 4) is 0 Å². The first-order chi connectivity index (χ1) is 6.45. The number of halogens is 2. The van der Waals surface area contributed by atoms with Crippen molar-refractivity contribution >= 4 is 64.7 Å². The van der Waals surface area contributed by atoms with Crippen molar-refractivity contribution in [2.75, 3.05) is 0 Å². The Hall–Kier alpha value is -0.260. The normalized spacial score (nSPS) is 9.20. The quantitative estimate of drug-likeness (QED) is 0.793. The molecule has 0 bridgehead atoms. The summed E-state index contributed by atoms with van der Waals surface area (Å²) in [5.74, 6) is -2.78. The molecule has 0 unspecified atom stereocenters. The Kier molecular flexibility index (Phi) is 5.62. The fourth-order valence-electron chi connectivity index (χ4n) is 0.938. The maximum absolute atomic E-state index is 10.7. The molecule has 0 atom stereocenters. The van der Waals surface area contributed by atoms with Crippen molar-refractivity contribution in [1.29, 1.82) is 0 Å².